The molecule has 0 bridgehead atoms. The molecule has 0 aromatic carbocycles. The Morgan fingerprint density at radius 1 is 1.67 bits per heavy atom. The number of ether oxygens (including phenoxy) is 1. The molecule has 3 N–H and O–H groups in total. The van der Waals surface area contributed by atoms with Crippen molar-refractivity contribution in [2.75, 3.05) is 25.6 Å². The number of methoxy groups -OCH3 is 1. The predicted octanol–water partition coefficient (Wildman–Crippen LogP) is -0.0137. The van der Waals surface area contributed by atoms with Crippen molar-refractivity contribution in [1.82, 2.24) is 15.5 Å². The van der Waals surface area contributed by atoms with E-state index in [0.29, 0.717) is 18.8 Å². The monoisotopic (exact) mass is 274 g/mol. The van der Waals surface area contributed by atoms with E-state index in [4.69, 9.17) is 16.3 Å². The molecule has 1 atom stereocenters. The highest BCUT2D eigenvalue weighted by atomic mass is 35.5. The first-order valence-electron chi connectivity index (χ1n) is 5.32. The molecule has 0 saturated carbocycles. The van der Waals surface area contributed by atoms with Crippen LogP contribution in [0.15, 0.2) is 11.0 Å². The van der Waals surface area contributed by atoms with Gasteiger partial charge in [0.15, 0.2) is 0 Å². The number of aromatic nitrogens is 2. The molecule has 0 saturated heterocycles. The third-order valence-corrected chi connectivity index (χ3v) is 2.54. The zero-order chi connectivity index (χ0) is 13.5. The Bertz CT molecular complexity index is 463. The second-order valence-corrected chi connectivity index (χ2v) is 3.95. The zero-order valence-corrected chi connectivity index (χ0v) is 10.9. The fraction of sp³-hybridized carbons (Fsp3) is 0.500. The van der Waals surface area contributed by atoms with Crippen molar-refractivity contribution >= 4 is 23.2 Å². The minimum Gasteiger partial charge on any atom is -0.383 e. The Kier molecular flexibility index (Phi) is 5.60. The lowest BCUT2D eigenvalue weighted by Gasteiger charge is -2.15. The smallest absolute Gasteiger partial charge is 0.285 e. The summed E-state index contributed by atoms with van der Waals surface area (Å²) in [5.74, 6) is -0.219. The maximum atomic E-state index is 11.6. The molecule has 1 amide bonds. The molecule has 0 radical (unpaired) electrons. The van der Waals surface area contributed by atoms with Crippen LogP contribution in [0, 0.1) is 0 Å². The van der Waals surface area contributed by atoms with Crippen LogP contribution in [0.3, 0.4) is 0 Å². The summed E-state index contributed by atoms with van der Waals surface area (Å²) in [6, 6.07) is -0.539. The van der Waals surface area contributed by atoms with Crippen LogP contribution in [-0.4, -0.2) is 42.4 Å². The highest BCUT2D eigenvalue weighted by molar-refractivity contribution is 6.33. The second-order valence-electron chi connectivity index (χ2n) is 3.58. The summed E-state index contributed by atoms with van der Waals surface area (Å²) in [5, 5.41) is 11.2. The van der Waals surface area contributed by atoms with E-state index in [0.717, 1.165) is 0 Å². The quantitative estimate of drug-likeness (QED) is 0.634. The highest BCUT2D eigenvalue weighted by Crippen LogP contribution is 2.15. The molecule has 8 heteroatoms. The molecule has 1 rings (SSSR count). The molecule has 18 heavy (non-hydrogen) atoms. The van der Waals surface area contributed by atoms with Crippen molar-refractivity contribution < 1.29 is 9.53 Å². The van der Waals surface area contributed by atoms with Crippen LogP contribution < -0.4 is 16.2 Å². The van der Waals surface area contributed by atoms with Crippen LogP contribution in [0.1, 0.15) is 6.92 Å². The summed E-state index contributed by atoms with van der Waals surface area (Å²) < 4.78 is 4.81. The van der Waals surface area contributed by atoms with E-state index < -0.39 is 11.6 Å². The van der Waals surface area contributed by atoms with Gasteiger partial charge in [0, 0.05) is 13.7 Å². The molecule has 1 heterocycles. The molecule has 0 spiro atoms. The van der Waals surface area contributed by atoms with Crippen molar-refractivity contribution in [3.8, 4) is 0 Å². The molecule has 1 aromatic heterocycles. The van der Waals surface area contributed by atoms with Gasteiger partial charge in [-0.1, -0.05) is 11.6 Å². The number of carbonyl (C=O) groups is 1. The third kappa shape index (κ3) is 4.01. The van der Waals surface area contributed by atoms with Crippen LogP contribution >= 0.6 is 11.6 Å². The molecule has 0 aliphatic heterocycles. The summed E-state index contributed by atoms with van der Waals surface area (Å²) in [6.07, 6.45) is 1.35. The molecule has 0 aliphatic rings. The molecule has 7 nitrogen and oxygen atoms in total. The average molecular weight is 275 g/mol. The number of amides is 1. The standard InChI is InChI=1S/C10H15ClN4O3/c1-6(9(16)12-3-4-18-2)14-7-5-13-15-10(17)8(7)11/h5-6H,3-4H2,1-2H3,(H,12,16)(H2,14,15,17). The van der Waals surface area contributed by atoms with E-state index in [9.17, 15) is 9.59 Å². The fourth-order valence-electron chi connectivity index (χ4n) is 1.21. The van der Waals surface area contributed by atoms with Crippen LogP contribution in [-0.2, 0) is 9.53 Å². The topological polar surface area (TPSA) is 96.1 Å². The molecule has 100 valence electrons. The van der Waals surface area contributed by atoms with Gasteiger partial charge in [-0.25, -0.2) is 5.10 Å². The van der Waals surface area contributed by atoms with E-state index in [1.54, 1.807) is 14.0 Å². The molecular weight excluding hydrogens is 260 g/mol. The fourth-order valence-corrected chi connectivity index (χ4v) is 1.36. The molecule has 1 aromatic rings. The Balaban J connectivity index is 2.58. The summed E-state index contributed by atoms with van der Waals surface area (Å²) in [5.41, 5.74) is -0.191. The summed E-state index contributed by atoms with van der Waals surface area (Å²) in [4.78, 5) is 22.8. The van der Waals surface area contributed by atoms with Crippen LogP contribution in [0.5, 0.6) is 0 Å². The third-order valence-electron chi connectivity index (χ3n) is 2.17. The van der Waals surface area contributed by atoms with Crippen LogP contribution in [0.4, 0.5) is 5.69 Å². The van der Waals surface area contributed by atoms with Crippen molar-refractivity contribution in [3.05, 3.63) is 21.6 Å². The predicted molar refractivity (Wildman–Crippen MR) is 67.8 cm³/mol. The average Bonchev–Trinajstić information content (AvgIpc) is 2.35. The number of anilines is 1. The Morgan fingerprint density at radius 2 is 2.39 bits per heavy atom. The molecular formula is C10H15ClN4O3. The largest absolute Gasteiger partial charge is 0.383 e. The van der Waals surface area contributed by atoms with Gasteiger partial charge in [0.05, 0.1) is 18.5 Å². The van der Waals surface area contributed by atoms with E-state index in [1.807, 2.05) is 0 Å². The lowest BCUT2D eigenvalue weighted by atomic mass is 10.3. The number of carbonyl (C=O) groups excluding carboxylic acids is 1. The first-order valence-corrected chi connectivity index (χ1v) is 5.70. The minimum atomic E-state index is -0.539. The van der Waals surface area contributed by atoms with E-state index in [-0.39, 0.29) is 10.9 Å². The first kappa shape index (κ1) is 14.5. The van der Waals surface area contributed by atoms with E-state index in [1.165, 1.54) is 6.20 Å². The van der Waals surface area contributed by atoms with Gasteiger partial charge in [0.1, 0.15) is 11.1 Å². The summed E-state index contributed by atoms with van der Waals surface area (Å²) in [7, 11) is 1.55. The zero-order valence-electron chi connectivity index (χ0n) is 10.1. The van der Waals surface area contributed by atoms with Gasteiger partial charge in [0.25, 0.3) is 5.56 Å². The van der Waals surface area contributed by atoms with Gasteiger partial charge in [-0.3, -0.25) is 9.59 Å². The summed E-state index contributed by atoms with van der Waals surface area (Å²) >= 11 is 5.77. The SMILES string of the molecule is COCCNC(=O)C(C)Nc1cn[nH]c(=O)c1Cl. The van der Waals surface area contributed by atoms with Crippen LogP contribution in [0.2, 0.25) is 5.02 Å². The van der Waals surface area contributed by atoms with Crippen molar-refractivity contribution in [1.29, 1.82) is 0 Å². The lowest BCUT2D eigenvalue weighted by molar-refractivity contribution is -0.121. The van der Waals surface area contributed by atoms with Gasteiger partial charge in [-0.15, -0.1) is 0 Å². The van der Waals surface area contributed by atoms with E-state index in [2.05, 4.69) is 20.8 Å². The Morgan fingerprint density at radius 3 is 3.06 bits per heavy atom. The highest BCUT2D eigenvalue weighted by Gasteiger charge is 2.14. The number of hydrogen-bond donors (Lipinski definition) is 3. The van der Waals surface area contributed by atoms with E-state index >= 15 is 0 Å². The Hall–Kier alpha value is -1.60. The molecule has 0 fully saturated rings. The van der Waals surface area contributed by atoms with Crippen molar-refractivity contribution in [2.45, 2.75) is 13.0 Å². The van der Waals surface area contributed by atoms with Gasteiger partial charge < -0.3 is 15.4 Å². The number of nitrogens with zero attached hydrogens (tertiary/aromatic N) is 1. The molecule has 0 aliphatic carbocycles. The Labute approximate surface area is 109 Å². The normalized spacial score (nSPS) is 11.9. The number of aromatic amines is 1. The van der Waals surface area contributed by atoms with Gasteiger partial charge in [0.2, 0.25) is 5.91 Å². The second kappa shape index (κ2) is 6.97. The molecule has 1 unspecified atom stereocenters. The van der Waals surface area contributed by atoms with Crippen LogP contribution in [0.25, 0.3) is 0 Å². The number of halogens is 1. The van der Waals surface area contributed by atoms with Crippen molar-refractivity contribution in [3.63, 3.8) is 0 Å². The maximum absolute atomic E-state index is 11.6. The number of hydrogen-bond acceptors (Lipinski definition) is 5. The van der Waals surface area contributed by atoms with Gasteiger partial charge in [-0.05, 0) is 6.92 Å². The lowest BCUT2D eigenvalue weighted by Crippen LogP contribution is -2.39. The number of H-pyrrole nitrogens is 1. The van der Waals surface area contributed by atoms with Gasteiger partial charge in [-0.2, -0.15) is 5.10 Å². The maximum Gasteiger partial charge on any atom is 0.285 e. The van der Waals surface area contributed by atoms with Crippen molar-refractivity contribution in [2.24, 2.45) is 0 Å². The minimum absolute atomic E-state index is 0.0264. The number of nitrogens with one attached hydrogen (secondary N) is 3. The number of rotatable bonds is 6. The summed E-state index contributed by atoms with van der Waals surface area (Å²) in [6.45, 7) is 2.51. The van der Waals surface area contributed by atoms with Gasteiger partial charge >= 0.3 is 0 Å². The first-order chi connectivity index (χ1) is 8.56.